The Balaban J connectivity index is 1.54. The molecule has 0 aromatic carbocycles. The summed E-state index contributed by atoms with van der Waals surface area (Å²) >= 11 is 0. The largest absolute Gasteiger partial charge is 0.579 e. The second-order valence-electron chi connectivity index (χ2n) is 5.89. The summed E-state index contributed by atoms with van der Waals surface area (Å²) in [5, 5.41) is 8.01. The van der Waals surface area contributed by atoms with E-state index in [0.717, 1.165) is 30.0 Å². The number of fused-ring (bicyclic) bond motifs is 1. The van der Waals surface area contributed by atoms with E-state index < -0.39 is 0 Å². The third kappa shape index (κ3) is 2.14. The first kappa shape index (κ1) is 12.1. The summed E-state index contributed by atoms with van der Waals surface area (Å²) in [4.78, 5) is 7.08. The van der Waals surface area contributed by atoms with E-state index in [4.69, 9.17) is 0 Å². The Labute approximate surface area is 118 Å². The second kappa shape index (κ2) is 5.02. The summed E-state index contributed by atoms with van der Waals surface area (Å²) in [6, 6.07) is 2.95. The van der Waals surface area contributed by atoms with E-state index in [0.29, 0.717) is 0 Å². The average molecular weight is 267 g/mol. The number of hydrogen-bond acceptors (Lipinski definition) is 3. The predicted molar refractivity (Wildman–Crippen MR) is 79.3 cm³/mol. The molecular weight excluding hydrogens is 248 g/mol. The van der Waals surface area contributed by atoms with Gasteiger partial charge < -0.3 is 10.2 Å². The van der Waals surface area contributed by atoms with Crippen LogP contribution in [-0.4, -0.2) is 34.1 Å². The number of nitrogens with zero attached hydrogens (tertiary/aromatic N) is 4. The van der Waals surface area contributed by atoms with Crippen LogP contribution >= 0.6 is 0 Å². The Morgan fingerprint density at radius 3 is 2.90 bits per heavy atom. The lowest BCUT2D eigenvalue weighted by Gasteiger charge is -2.31. The molecule has 4 heteroatoms. The van der Waals surface area contributed by atoms with Gasteiger partial charge in [-0.3, -0.25) is 9.88 Å². The highest BCUT2D eigenvalue weighted by atomic mass is 15.2. The van der Waals surface area contributed by atoms with Crippen LogP contribution in [0.4, 0.5) is 0 Å². The highest BCUT2D eigenvalue weighted by Crippen LogP contribution is 2.29. The monoisotopic (exact) mass is 267 g/mol. The summed E-state index contributed by atoms with van der Waals surface area (Å²) in [5.74, 6) is 0. The molecule has 4 nitrogen and oxygen atoms in total. The van der Waals surface area contributed by atoms with Gasteiger partial charge in [0.2, 0.25) is 0 Å². The number of hydrogen-bond donors (Lipinski definition) is 0. The van der Waals surface area contributed by atoms with Crippen LogP contribution in [-0.2, 0) is 0 Å². The van der Waals surface area contributed by atoms with Gasteiger partial charge in [-0.05, 0) is 36.5 Å². The maximum Gasteiger partial charge on any atom is 0.0661 e. The van der Waals surface area contributed by atoms with E-state index in [1.165, 1.54) is 43.4 Å². The van der Waals surface area contributed by atoms with E-state index in [1.807, 2.05) is 6.20 Å². The molecule has 0 unspecified atom stereocenters. The highest BCUT2D eigenvalue weighted by Gasteiger charge is 2.24. The van der Waals surface area contributed by atoms with Gasteiger partial charge in [0.1, 0.15) is 0 Å². The summed E-state index contributed by atoms with van der Waals surface area (Å²) in [7, 11) is 0. The van der Waals surface area contributed by atoms with Crippen molar-refractivity contribution in [2.75, 3.05) is 13.1 Å². The molecule has 0 atom stereocenters. The Kier molecular flexibility index (Phi) is 3.03. The van der Waals surface area contributed by atoms with Crippen molar-refractivity contribution in [1.82, 2.24) is 20.1 Å². The first-order valence-electron chi connectivity index (χ1n) is 7.58. The van der Waals surface area contributed by atoms with Gasteiger partial charge in [-0.25, -0.2) is 0 Å². The molecule has 0 radical (unpaired) electrons. The molecule has 0 bridgehead atoms. The Hall–Kier alpha value is -1.68. The van der Waals surface area contributed by atoms with E-state index in [2.05, 4.69) is 32.2 Å². The van der Waals surface area contributed by atoms with Gasteiger partial charge in [-0.15, -0.1) is 6.20 Å². The number of aromatic nitrogens is 3. The zero-order chi connectivity index (χ0) is 13.4. The highest BCUT2D eigenvalue weighted by molar-refractivity contribution is 5.78. The van der Waals surface area contributed by atoms with Crippen molar-refractivity contribution in [3.8, 4) is 0 Å². The van der Waals surface area contributed by atoms with Crippen molar-refractivity contribution < 1.29 is 0 Å². The van der Waals surface area contributed by atoms with Crippen LogP contribution in [0.5, 0.6) is 0 Å². The molecule has 2 aromatic rings. The van der Waals surface area contributed by atoms with Crippen molar-refractivity contribution in [2.24, 2.45) is 0 Å². The minimum absolute atomic E-state index is 0.828. The fourth-order valence-electron chi connectivity index (χ4n) is 3.51. The minimum atomic E-state index is 0.828. The van der Waals surface area contributed by atoms with Crippen molar-refractivity contribution in [2.45, 2.75) is 38.1 Å². The molecule has 0 saturated heterocycles. The van der Waals surface area contributed by atoms with E-state index >= 15 is 0 Å². The van der Waals surface area contributed by atoms with Gasteiger partial charge in [-0.1, -0.05) is 18.9 Å². The standard InChI is InChI=1S/C16H19N4/c1-2-4-14(3-1)20-7-5-12(6-8-20)13-9-15-16(17-10-13)11-18-19-15/h5,9-11,14H,1-4,6-8H2/q-1. The van der Waals surface area contributed by atoms with E-state index in [-0.39, 0.29) is 0 Å². The van der Waals surface area contributed by atoms with Crippen molar-refractivity contribution in [1.29, 1.82) is 0 Å². The van der Waals surface area contributed by atoms with Gasteiger partial charge in [0.15, 0.2) is 0 Å². The van der Waals surface area contributed by atoms with Crippen LogP contribution in [0.2, 0.25) is 0 Å². The first-order valence-corrected chi connectivity index (χ1v) is 7.58. The van der Waals surface area contributed by atoms with Gasteiger partial charge >= 0.3 is 0 Å². The minimum Gasteiger partial charge on any atom is -0.579 e. The lowest BCUT2D eigenvalue weighted by molar-refractivity contribution is 0.219. The molecule has 2 aliphatic rings. The van der Waals surface area contributed by atoms with Gasteiger partial charge in [-0.2, -0.15) is 0 Å². The zero-order valence-corrected chi connectivity index (χ0v) is 11.6. The van der Waals surface area contributed by atoms with Crippen LogP contribution in [0.1, 0.15) is 37.7 Å². The molecule has 0 amide bonds. The fourth-order valence-corrected chi connectivity index (χ4v) is 3.51. The summed E-state index contributed by atoms with van der Waals surface area (Å²) in [5.41, 5.74) is 4.42. The second-order valence-corrected chi connectivity index (χ2v) is 5.89. The lowest BCUT2D eigenvalue weighted by Crippen LogP contribution is -2.36. The summed E-state index contributed by atoms with van der Waals surface area (Å²) in [6.07, 6.45) is 12.8. The van der Waals surface area contributed by atoms with Gasteiger partial charge in [0.05, 0.1) is 11.0 Å². The van der Waals surface area contributed by atoms with Crippen LogP contribution in [0.25, 0.3) is 16.6 Å². The van der Waals surface area contributed by atoms with Gasteiger partial charge in [0, 0.05) is 25.3 Å². The smallest absolute Gasteiger partial charge is 0.0661 e. The molecule has 1 saturated carbocycles. The third-order valence-corrected chi connectivity index (χ3v) is 4.70. The van der Waals surface area contributed by atoms with Gasteiger partial charge in [0.25, 0.3) is 0 Å². The van der Waals surface area contributed by atoms with Crippen LogP contribution in [0, 0.1) is 0 Å². The number of pyridine rings is 1. The number of rotatable bonds is 2. The lowest BCUT2D eigenvalue weighted by atomic mass is 9.99. The van der Waals surface area contributed by atoms with E-state index in [1.54, 1.807) is 6.20 Å². The first-order chi connectivity index (χ1) is 9.90. The molecule has 1 fully saturated rings. The van der Waals surface area contributed by atoms with Crippen molar-refractivity contribution >= 4 is 16.6 Å². The molecule has 2 aromatic heterocycles. The molecule has 3 heterocycles. The fraction of sp³-hybridized carbons (Fsp3) is 0.500. The van der Waals surface area contributed by atoms with Crippen molar-refractivity contribution in [3.63, 3.8) is 0 Å². The Bertz CT molecular complexity index is 637. The molecule has 20 heavy (non-hydrogen) atoms. The van der Waals surface area contributed by atoms with Crippen molar-refractivity contribution in [3.05, 3.63) is 30.1 Å². The normalized spacial score (nSPS) is 21.5. The molecule has 4 rings (SSSR count). The van der Waals surface area contributed by atoms with Crippen LogP contribution < -0.4 is 5.10 Å². The molecule has 1 aliphatic carbocycles. The molecular formula is C16H19N4-. The average Bonchev–Trinajstić information content (AvgIpc) is 3.18. The SMILES string of the molecule is C1=C(c2cnc3c[n-]nc3c2)CCN(C2CCCC2)C1. The topological polar surface area (TPSA) is 43.1 Å². The maximum absolute atomic E-state index is 4.43. The maximum atomic E-state index is 4.43. The quantitative estimate of drug-likeness (QED) is 0.839. The molecule has 104 valence electrons. The van der Waals surface area contributed by atoms with E-state index in [9.17, 15) is 0 Å². The Morgan fingerprint density at radius 1 is 1.20 bits per heavy atom. The molecule has 0 spiro atoms. The molecule has 1 aliphatic heterocycles. The van der Waals surface area contributed by atoms with Crippen LogP contribution in [0.3, 0.4) is 0 Å². The molecule has 0 N–H and O–H groups in total. The Morgan fingerprint density at radius 2 is 2.10 bits per heavy atom. The summed E-state index contributed by atoms with van der Waals surface area (Å²) < 4.78 is 0. The van der Waals surface area contributed by atoms with Crippen LogP contribution in [0.15, 0.2) is 24.5 Å². The zero-order valence-electron chi connectivity index (χ0n) is 11.6. The summed E-state index contributed by atoms with van der Waals surface area (Å²) in [6.45, 7) is 2.27. The third-order valence-electron chi connectivity index (χ3n) is 4.70. The predicted octanol–water partition coefficient (Wildman–Crippen LogP) is 2.62.